The van der Waals surface area contributed by atoms with Gasteiger partial charge < -0.3 is 15.5 Å². The van der Waals surface area contributed by atoms with Crippen molar-refractivity contribution in [2.24, 2.45) is 0 Å². The Morgan fingerprint density at radius 2 is 2.00 bits per heavy atom. The summed E-state index contributed by atoms with van der Waals surface area (Å²) in [5.41, 5.74) is 0.862. The van der Waals surface area contributed by atoms with Crippen molar-refractivity contribution >= 4 is 0 Å². The van der Waals surface area contributed by atoms with Crippen molar-refractivity contribution < 1.29 is 10.2 Å². The van der Waals surface area contributed by atoms with Crippen LogP contribution in [0.15, 0.2) is 24.3 Å². The van der Waals surface area contributed by atoms with Crippen LogP contribution in [-0.4, -0.2) is 22.9 Å². The zero-order valence-electron chi connectivity index (χ0n) is 9.27. The smallest absolute Gasteiger partial charge is 0.120 e. The Bertz CT molecular complexity index is 301. The standard InChI is InChI=1S/C12H19NO2/c1-3-10(14)8-13-9(2)11-6-4-5-7-12(11)15/h4-7,9-10,13-15H,3,8H2,1-2H3. The third kappa shape index (κ3) is 3.53. The molecule has 0 saturated heterocycles. The number of hydrogen-bond donors (Lipinski definition) is 3. The largest absolute Gasteiger partial charge is 0.508 e. The maximum atomic E-state index is 9.60. The zero-order chi connectivity index (χ0) is 11.3. The minimum atomic E-state index is -0.321. The van der Waals surface area contributed by atoms with E-state index in [-0.39, 0.29) is 12.1 Å². The van der Waals surface area contributed by atoms with Crippen molar-refractivity contribution in [1.29, 1.82) is 0 Å². The number of phenolic OH excluding ortho intramolecular Hbond substituents is 1. The summed E-state index contributed by atoms with van der Waals surface area (Å²) in [6, 6.07) is 7.29. The van der Waals surface area contributed by atoms with Gasteiger partial charge in [-0.25, -0.2) is 0 Å². The Hall–Kier alpha value is -1.06. The molecule has 0 aromatic heterocycles. The highest BCUT2D eigenvalue weighted by molar-refractivity contribution is 5.34. The molecule has 0 aliphatic carbocycles. The fourth-order valence-corrected chi connectivity index (χ4v) is 1.42. The second-order valence-corrected chi connectivity index (χ2v) is 3.75. The predicted molar refractivity (Wildman–Crippen MR) is 60.8 cm³/mol. The van der Waals surface area contributed by atoms with E-state index in [2.05, 4.69) is 5.32 Å². The fraction of sp³-hybridized carbons (Fsp3) is 0.500. The molecule has 0 fully saturated rings. The third-order valence-electron chi connectivity index (χ3n) is 2.53. The van der Waals surface area contributed by atoms with E-state index < -0.39 is 0 Å². The van der Waals surface area contributed by atoms with E-state index in [9.17, 15) is 10.2 Å². The molecule has 15 heavy (non-hydrogen) atoms. The molecule has 0 aliphatic rings. The number of para-hydroxylation sites is 1. The van der Waals surface area contributed by atoms with Gasteiger partial charge in [-0.1, -0.05) is 25.1 Å². The van der Waals surface area contributed by atoms with Crippen LogP contribution in [0.2, 0.25) is 0 Å². The Morgan fingerprint density at radius 3 is 2.60 bits per heavy atom. The summed E-state index contributed by atoms with van der Waals surface area (Å²) in [6.07, 6.45) is 0.416. The van der Waals surface area contributed by atoms with Gasteiger partial charge >= 0.3 is 0 Å². The number of hydrogen-bond acceptors (Lipinski definition) is 3. The van der Waals surface area contributed by atoms with Gasteiger partial charge in [0.2, 0.25) is 0 Å². The van der Waals surface area contributed by atoms with Gasteiger partial charge in [0.15, 0.2) is 0 Å². The summed E-state index contributed by atoms with van der Waals surface area (Å²) in [4.78, 5) is 0. The van der Waals surface area contributed by atoms with Crippen molar-refractivity contribution in [3.8, 4) is 5.75 Å². The van der Waals surface area contributed by atoms with Crippen LogP contribution in [-0.2, 0) is 0 Å². The van der Waals surface area contributed by atoms with E-state index in [0.717, 1.165) is 12.0 Å². The summed E-state index contributed by atoms with van der Waals surface area (Å²) in [5.74, 6) is 0.295. The van der Waals surface area contributed by atoms with Gasteiger partial charge in [0.1, 0.15) is 5.75 Å². The second-order valence-electron chi connectivity index (χ2n) is 3.75. The van der Waals surface area contributed by atoms with Crippen LogP contribution < -0.4 is 5.32 Å². The molecule has 3 nitrogen and oxygen atoms in total. The third-order valence-corrected chi connectivity index (χ3v) is 2.53. The number of aliphatic hydroxyl groups is 1. The average Bonchev–Trinajstić information content (AvgIpc) is 2.26. The lowest BCUT2D eigenvalue weighted by molar-refractivity contribution is 0.163. The van der Waals surface area contributed by atoms with Crippen LogP contribution in [0.4, 0.5) is 0 Å². The molecule has 84 valence electrons. The second kappa shape index (κ2) is 5.73. The van der Waals surface area contributed by atoms with Gasteiger partial charge in [0.25, 0.3) is 0 Å². The number of rotatable bonds is 5. The van der Waals surface area contributed by atoms with E-state index in [1.54, 1.807) is 12.1 Å². The van der Waals surface area contributed by atoms with Gasteiger partial charge in [-0.3, -0.25) is 0 Å². The van der Waals surface area contributed by atoms with E-state index >= 15 is 0 Å². The van der Waals surface area contributed by atoms with Crippen LogP contribution in [0.3, 0.4) is 0 Å². The van der Waals surface area contributed by atoms with Crippen LogP contribution in [0.5, 0.6) is 5.75 Å². The lowest BCUT2D eigenvalue weighted by Gasteiger charge is -2.17. The van der Waals surface area contributed by atoms with Gasteiger partial charge in [0.05, 0.1) is 6.10 Å². The summed E-state index contributed by atoms with van der Waals surface area (Å²) >= 11 is 0. The fourth-order valence-electron chi connectivity index (χ4n) is 1.42. The first-order valence-electron chi connectivity index (χ1n) is 5.34. The molecule has 0 spiro atoms. The summed E-state index contributed by atoms with van der Waals surface area (Å²) in [6.45, 7) is 4.46. The number of aromatic hydroxyl groups is 1. The number of phenols is 1. The molecular formula is C12H19NO2. The molecule has 0 amide bonds. The number of benzene rings is 1. The van der Waals surface area contributed by atoms with Crippen LogP contribution in [0, 0.1) is 0 Å². The van der Waals surface area contributed by atoms with Gasteiger partial charge in [0, 0.05) is 18.2 Å². The highest BCUT2D eigenvalue weighted by atomic mass is 16.3. The van der Waals surface area contributed by atoms with Crippen LogP contribution >= 0.6 is 0 Å². The molecule has 2 atom stereocenters. The summed E-state index contributed by atoms with van der Waals surface area (Å²) < 4.78 is 0. The SMILES string of the molecule is CCC(O)CNC(C)c1ccccc1O. The van der Waals surface area contributed by atoms with Gasteiger partial charge in [-0.2, -0.15) is 0 Å². The highest BCUT2D eigenvalue weighted by Gasteiger charge is 2.10. The normalized spacial score (nSPS) is 14.9. The first kappa shape index (κ1) is 12.0. The van der Waals surface area contributed by atoms with E-state index in [1.807, 2.05) is 26.0 Å². The maximum Gasteiger partial charge on any atom is 0.120 e. The molecule has 0 saturated carbocycles. The van der Waals surface area contributed by atoms with Gasteiger partial charge in [-0.05, 0) is 19.4 Å². The first-order chi connectivity index (χ1) is 7.15. The Morgan fingerprint density at radius 1 is 1.33 bits per heavy atom. The van der Waals surface area contributed by atoms with Crippen molar-refractivity contribution in [3.63, 3.8) is 0 Å². The quantitative estimate of drug-likeness (QED) is 0.693. The Kier molecular flexibility index (Phi) is 4.59. The van der Waals surface area contributed by atoms with E-state index in [0.29, 0.717) is 12.3 Å². The molecule has 0 heterocycles. The van der Waals surface area contributed by atoms with Crippen LogP contribution in [0.25, 0.3) is 0 Å². The number of aliphatic hydroxyl groups excluding tert-OH is 1. The molecule has 1 aromatic carbocycles. The summed E-state index contributed by atoms with van der Waals surface area (Å²) in [7, 11) is 0. The van der Waals surface area contributed by atoms with Gasteiger partial charge in [-0.15, -0.1) is 0 Å². The lowest BCUT2D eigenvalue weighted by atomic mass is 10.1. The predicted octanol–water partition coefficient (Wildman–Crippen LogP) is 1.81. The highest BCUT2D eigenvalue weighted by Crippen LogP contribution is 2.22. The van der Waals surface area contributed by atoms with Crippen LogP contribution in [0.1, 0.15) is 31.9 Å². The Balaban J connectivity index is 2.54. The minimum Gasteiger partial charge on any atom is -0.508 e. The van der Waals surface area contributed by atoms with E-state index in [4.69, 9.17) is 0 Å². The zero-order valence-corrected chi connectivity index (χ0v) is 9.27. The Labute approximate surface area is 90.8 Å². The molecule has 2 unspecified atom stereocenters. The lowest BCUT2D eigenvalue weighted by Crippen LogP contribution is -2.28. The van der Waals surface area contributed by atoms with Crippen molar-refractivity contribution in [3.05, 3.63) is 29.8 Å². The maximum absolute atomic E-state index is 9.60. The van der Waals surface area contributed by atoms with Crippen molar-refractivity contribution in [2.45, 2.75) is 32.4 Å². The average molecular weight is 209 g/mol. The number of nitrogens with one attached hydrogen (secondary N) is 1. The summed E-state index contributed by atoms with van der Waals surface area (Å²) in [5, 5.41) is 22.2. The molecular weight excluding hydrogens is 190 g/mol. The monoisotopic (exact) mass is 209 g/mol. The molecule has 0 aliphatic heterocycles. The van der Waals surface area contributed by atoms with Crippen molar-refractivity contribution in [1.82, 2.24) is 5.32 Å². The molecule has 1 aromatic rings. The van der Waals surface area contributed by atoms with Crippen molar-refractivity contribution in [2.75, 3.05) is 6.54 Å². The first-order valence-corrected chi connectivity index (χ1v) is 5.34. The molecule has 0 radical (unpaired) electrons. The topological polar surface area (TPSA) is 52.5 Å². The van der Waals surface area contributed by atoms with E-state index in [1.165, 1.54) is 0 Å². The minimum absolute atomic E-state index is 0.0485. The molecule has 1 rings (SSSR count). The molecule has 3 heteroatoms. The molecule has 0 bridgehead atoms. The molecule has 3 N–H and O–H groups in total.